The molecular formula is C8H11Cl2N3OS. The average Bonchev–Trinajstić information content (AvgIpc) is 2.71. The Balaban J connectivity index is 0.00000112. The van der Waals surface area contributed by atoms with Crippen LogP contribution in [0.15, 0.2) is 17.6 Å². The molecule has 0 bridgehead atoms. The highest BCUT2D eigenvalue weighted by Crippen LogP contribution is 2.13. The van der Waals surface area contributed by atoms with Crippen LogP contribution >= 0.6 is 24.0 Å². The molecule has 0 radical (unpaired) electrons. The van der Waals surface area contributed by atoms with Crippen LogP contribution in [0.4, 0.5) is 0 Å². The van der Waals surface area contributed by atoms with E-state index in [2.05, 4.69) is 15.3 Å². The van der Waals surface area contributed by atoms with E-state index in [0.29, 0.717) is 10.2 Å². The Labute approximate surface area is 102 Å². The average molecular weight is 268 g/mol. The second-order valence-corrected chi connectivity index (χ2v) is 5.16. The van der Waals surface area contributed by atoms with E-state index in [9.17, 15) is 4.21 Å². The van der Waals surface area contributed by atoms with E-state index in [1.807, 2.05) is 0 Å². The van der Waals surface area contributed by atoms with Crippen LogP contribution in [0.3, 0.4) is 0 Å². The molecule has 0 spiro atoms. The molecule has 2 atom stereocenters. The van der Waals surface area contributed by atoms with Crippen molar-refractivity contribution in [2.24, 2.45) is 0 Å². The van der Waals surface area contributed by atoms with Crippen LogP contribution in [0, 0.1) is 0 Å². The van der Waals surface area contributed by atoms with Crippen LogP contribution in [-0.4, -0.2) is 32.5 Å². The molecule has 15 heavy (non-hydrogen) atoms. The molecule has 1 aromatic heterocycles. The number of nitrogens with zero attached hydrogens (tertiary/aromatic N) is 2. The molecule has 84 valence electrons. The van der Waals surface area contributed by atoms with Crippen molar-refractivity contribution in [2.75, 3.05) is 13.1 Å². The van der Waals surface area contributed by atoms with Crippen molar-refractivity contribution < 1.29 is 4.21 Å². The zero-order valence-electron chi connectivity index (χ0n) is 7.85. The third kappa shape index (κ3) is 3.11. The van der Waals surface area contributed by atoms with Gasteiger partial charge in [0.25, 0.3) is 0 Å². The maximum atomic E-state index is 11.9. The van der Waals surface area contributed by atoms with E-state index in [1.54, 1.807) is 0 Å². The molecule has 0 aliphatic carbocycles. The molecule has 4 nitrogen and oxygen atoms in total. The van der Waals surface area contributed by atoms with Crippen LogP contribution in [0.5, 0.6) is 0 Å². The van der Waals surface area contributed by atoms with Gasteiger partial charge in [0.15, 0.2) is 0 Å². The lowest BCUT2D eigenvalue weighted by atomic mass is 10.4. The minimum atomic E-state index is -1.11. The summed E-state index contributed by atoms with van der Waals surface area (Å²) in [5.41, 5.74) is 0. The number of halogens is 2. The van der Waals surface area contributed by atoms with Gasteiger partial charge in [-0.2, -0.15) is 0 Å². The van der Waals surface area contributed by atoms with Crippen molar-refractivity contribution in [1.82, 2.24) is 15.3 Å². The normalized spacial score (nSPS) is 22.1. The maximum absolute atomic E-state index is 11.9. The van der Waals surface area contributed by atoms with Gasteiger partial charge in [0, 0.05) is 6.54 Å². The molecule has 1 aliphatic rings. The first-order chi connectivity index (χ1) is 6.77. The van der Waals surface area contributed by atoms with Gasteiger partial charge in [0.2, 0.25) is 5.16 Å². The molecule has 2 unspecified atom stereocenters. The van der Waals surface area contributed by atoms with Crippen LogP contribution in [-0.2, 0) is 10.8 Å². The summed E-state index contributed by atoms with van der Waals surface area (Å²) in [4.78, 5) is 7.90. The van der Waals surface area contributed by atoms with Gasteiger partial charge < -0.3 is 5.32 Å². The van der Waals surface area contributed by atoms with E-state index < -0.39 is 10.8 Å². The number of nitrogens with one attached hydrogen (secondary N) is 1. The summed E-state index contributed by atoms with van der Waals surface area (Å²) < 4.78 is 11.9. The molecule has 7 heteroatoms. The first-order valence-corrected chi connectivity index (χ1v) is 5.95. The third-order valence-electron chi connectivity index (χ3n) is 2.09. The minimum absolute atomic E-state index is 0. The Morgan fingerprint density at radius 3 is 2.67 bits per heavy atom. The highest BCUT2D eigenvalue weighted by Gasteiger charge is 2.23. The van der Waals surface area contributed by atoms with Crippen LogP contribution < -0.4 is 5.32 Å². The van der Waals surface area contributed by atoms with Crippen molar-refractivity contribution >= 4 is 34.8 Å². The summed E-state index contributed by atoms with van der Waals surface area (Å²) in [7, 11) is -1.11. The summed E-state index contributed by atoms with van der Waals surface area (Å²) in [5, 5.41) is 4.14. The standard InChI is InChI=1S/C8H10ClN3OS.ClH/c9-6-3-11-8(12-4-6)14(13)7-1-2-10-5-7;/h3-4,7,10H,1-2,5H2;1H. The first-order valence-electron chi connectivity index (χ1n) is 4.36. The Bertz CT molecular complexity index is 340. The molecule has 1 fully saturated rings. The van der Waals surface area contributed by atoms with E-state index in [1.165, 1.54) is 12.4 Å². The van der Waals surface area contributed by atoms with Crippen LogP contribution in [0.2, 0.25) is 5.02 Å². The summed E-state index contributed by atoms with van der Waals surface area (Å²) in [6.45, 7) is 1.70. The van der Waals surface area contributed by atoms with Gasteiger partial charge in [-0.1, -0.05) is 11.6 Å². The largest absolute Gasteiger partial charge is 0.315 e. The molecule has 1 aromatic rings. The number of hydrogen-bond donors (Lipinski definition) is 1. The van der Waals surface area contributed by atoms with Crippen LogP contribution in [0.25, 0.3) is 0 Å². The lowest BCUT2D eigenvalue weighted by molar-refractivity contribution is 0.664. The van der Waals surface area contributed by atoms with Crippen LogP contribution in [0.1, 0.15) is 6.42 Å². The second-order valence-electron chi connectivity index (χ2n) is 3.10. The topological polar surface area (TPSA) is 54.9 Å². The zero-order valence-corrected chi connectivity index (χ0v) is 10.2. The predicted octanol–water partition coefficient (Wildman–Crippen LogP) is 1.02. The molecule has 2 heterocycles. The molecule has 0 amide bonds. The van der Waals surface area contributed by atoms with E-state index in [-0.39, 0.29) is 17.7 Å². The number of aromatic nitrogens is 2. The van der Waals surface area contributed by atoms with Crippen molar-refractivity contribution in [1.29, 1.82) is 0 Å². The maximum Gasteiger partial charge on any atom is 0.218 e. The molecule has 1 aliphatic heterocycles. The van der Waals surface area contributed by atoms with Gasteiger partial charge in [-0.15, -0.1) is 12.4 Å². The molecular weight excluding hydrogens is 257 g/mol. The Morgan fingerprint density at radius 1 is 1.47 bits per heavy atom. The fourth-order valence-corrected chi connectivity index (χ4v) is 2.67. The zero-order chi connectivity index (χ0) is 9.97. The monoisotopic (exact) mass is 267 g/mol. The minimum Gasteiger partial charge on any atom is -0.315 e. The third-order valence-corrected chi connectivity index (χ3v) is 3.87. The van der Waals surface area contributed by atoms with Crippen molar-refractivity contribution in [3.63, 3.8) is 0 Å². The van der Waals surface area contributed by atoms with Crippen molar-refractivity contribution in [2.45, 2.75) is 16.8 Å². The quantitative estimate of drug-likeness (QED) is 0.814. The molecule has 1 N–H and O–H groups in total. The summed E-state index contributed by atoms with van der Waals surface area (Å²) in [6, 6.07) is 0. The lowest BCUT2D eigenvalue weighted by Gasteiger charge is -2.05. The fourth-order valence-electron chi connectivity index (χ4n) is 1.36. The summed E-state index contributed by atoms with van der Waals surface area (Å²) in [6.07, 6.45) is 3.87. The van der Waals surface area contributed by atoms with Gasteiger partial charge in [0.1, 0.15) is 0 Å². The van der Waals surface area contributed by atoms with Crippen molar-refractivity contribution in [3.8, 4) is 0 Å². The van der Waals surface area contributed by atoms with Gasteiger partial charge in [-0.25, -0.2) is 9.97 Å². The highest BCUT2D eigenvalue weighted by molar-refractivity contribution is 7.85. The number of rotatable bonds is 2. The number of hydrogen-bond acceptors (Lipinski definition) is 4. The Hall–Kier alpha value is -0.230. The second kappa shape index (κ2) is 5.75. The fraction of sp³-hybridized carbons (Fsp3) is 0.500. The van der Waals surface area contributed by atoms with E-state index in [0.717, 1.165) is 19.5 Å². The molecule has 1 saturated heterocycles. The lowest BCUT2D eigenvalue weighted by Crippen LogP contribution is -2.20. The molecule has 0 saturated carbocycles. The molecule has 2 rings (SSSR count). The van der Waals surface area contributed by atoms with E-state index >= 15 is 0 Å². The SMILES string of the molecule is Cl.O=S(c1ncc(Cl)cn1)C1CCNC1. The molecule has 0 aromatic carbocycles. The highest BCUT2D eigenvalue weighted by atomic mass is 35.5. The van der Waals surface area contributed by atoms with Gasteiger partial charge >= 0.3 is 0 Å². The predicted molar refractivity (Wildman–Crippen MR) is 62.0 cm³/mol. The first kappa shape index (κ1) is 12.8. The summed E-state index contributed by atoms with van der Waals surface area (Å²) >= 11 is 5.64. The summed E-state index contributed by atoms with van der Waals surface area (Å²) in [5.74, 6) is 0. The van der Waals surface area contributed by atoms with Gasteiger partial charge in [0.05, 0.1) is 33.5 Å². The van der Waals surface area contributed by atoms with Gasteiger partial charge in [-0.05, 0) is 13.0 Å². The smallest absolute Gasteiger partial charge is 0.218 e. The Morgan fingerprint density at radius 2 is 2.13 bits per heavy atom. The van der Waals surface area contributed by atoms with Crippen molar-refractivity contribution in [3.05, 3.63) is 17.4 Å². The van der Waals surface area contributed by atoms with Gasteiger partial charge in [-0.3, -0.25) is 4.21 Å². The van der Waals surface area contributed by atoms with E-state index in [4.69, 9.17) is 11.6 Å². The Kier molecular flexibility index (Phi) is 4.92.